The first-order valence-electron chi connectivity index (χ1n) is 6.96. The van der Waals surface area contributed by atoms with Gasteiger partial charge in [0.05, 0.1) is 5.60 Å². The highest BCUT2D eigenvalue weighted by molar-refractivity contribution is 5.30. The molecule has 0 saturated heterocycles. The van der Waals surface area contributed by atoms with Crippen molar-refractivity contribution in [3.8, 4) is 0 Å². The van der Waals surface area contributed by atoms with Crippen LogP contribution in [0.2, 0.25) is 0 Å². The highest BCUT2D eigenvalue weighted by Gasteiger charge is 2.57. The minimum Gasteiger partial charge on any atom is -0.390 e. The van der Waals surface area contributed by atoms with Crippen molar-refractivity contribution in [3.63, 3.8) is 0 Å². The zero-order valence-electron chi connectivity index (χ0n) is 10.2. The molecule has 1 aromatic carbocycles. The largest absolute Gasteiger partial charge is 0.390 e. The molecule has 17 heavy (non-hydrogen) atoms. The Hall–Kier alpha value is -0.820. The maximum Gasteiger partial charge on any atom is 0.0661 e. The molecule has 5 rings (SSSR count). The number of hydrogen-bond acceptors (Lipinski definition) is 1. The zero-order valence-corrected chi connectivity index (χ0v) is 10.2. The van der Waals surface area contributed by atoms with Crippen molar-refractivity contribution in [3.05, 3.63) is 35.9 Å². The average molecular weight is 228 g/mol. The standard InChI is InChI=1S/C16H20O/c17-16-9-12-6-13(10-16)8-15(7-12,11-16)14-4-2-1-3-5-14/h1-5,12-13,17H,6-11H2/t12-,13+,15?,16?. The first kappa shape index (κ1) is 10.1. The van der Waals surface area contributed by atoms with Gasteiger partial charge in [-0.3, -0.25) is 0 Å². The maximum atomic E-state index is 10.7. The van der Waals surface area contributed by atoms with Crippen LogP contribution in [-0.2, 0) is 5.41 Å². The second-order valence-corrected chi connectivity index (χ2v) is 6.83. The second-order valence-electron chi connectivity index (χ2n) is 6.83. The van der Waals surface area contributed by atoms with Crippen molar-refractivity contribution in [2.24, 2.45) is 11.8 Å². The third-order valence-electron chi connectivity index (χ3n) is 5.42. The van der Waals surface area contributed by atoms with Crippen molar-refractivity contribution < 1.29 is 5.11 Å². The molecule has 1 N–H and O–H groups in total. The summed E-state index contributed by atoms with van der Waals surface area (Å²) in [6.45, 7) is 0. The Bertz CT molecular complexity index is 422. The van der Waals surface area contributed by atoms with E-state index in [9.17, 15) is 5.11 Å². The van der Waals surface area contributed by atoms with Gasteiger partial charge in [0, 0.05) is 0 Å². The van der Waals surface area contributed by atoms with Crippen molar-refractivity contribution in [2.45, 2.75) is 49.5 Å². The van der Waals surface area contributed by atoms with E-state index in [1.807, 2.05) is 0 Å². The van der Waals surface area contributed by atoms with Gasteiger partial charge in [-0.25, -0.2) is 0 Å². The molecule has 1 nitrogen and oxygen atoms in total. The molecule has 4 fully saturated rings. The number of aliphatic hydroxyl groups is 1. The van der Waals surface area contributed by atoms with E-state index in [4.69, 9.17) is 0 Å². The molecule has 4 atom stereocenters. The molecule has 1 heteroatoms. The summed E-state index contributed by atoms with van der Waals surface area (Å²) in [5, 5.41) is 10.7. The predicted octanol–water partition coefficient (Wildman–Crippen LogP) is 3.27. The van der Waals surface area contributed by atoms with E-state index in [1.165, 1.54) is 24.8 Å². The van der Waals surface area contributed by atoms with Gasteiger partial charge in [-0.05, 0) is 61.3 Å². The SMILES string of the molecule is OC12C[C@H]3C[C@@H](C1)CC(c1ccccc1)(C3)C2. The summed E-state index contributed by atoms with van der Waals surface area (Å²) in [5.74, 6) is 1.56. The van der Waals surface area contributed by atoms with Gasteiger partial charge in [0.2, 0.25) is 0 Å². The van der Waals surface area contributed by atoms with Gasteiger partial charge in [-0.2, -0.15) is 0 Å². The molecule has 0 aromatic heterocycles. The van der Waals surface area contributed by atoms with Gasteiger partial charge in [0.25, 0.3) is 0 Å². The van der Waals surface area contributed by atoms with Gasteiger partial charge < -0.3 is 5.11 Å². The molecule has 0 heterocycles. The van der Waals surface area contributed by atoms with Crippen LogP contribution in [0.15, 0.2) is 30.3 Å². The molecule has 0 amide bonds. The minimum absolute atomic E-state index is 0.306. The summed E-state index contributed by atoms with van der Waals surface area (Å²) >= 11 is 0. The van der Waals surface area contributed by atoms with Crippen LogP contribution < -0.4 is 0 Å². The summed E-state index contributed by atoms with van der Waals surface area (Å²) < 4.78 is 0. The monoisotopic (exact) mass is 228 g/mol. The molecule has 90 valence electrons. The first-order chi connectivity index (χ1) is 8.18. The topological polar surface area (TPSA) is 20.2 Å². The van der Waals surface area contributed by atoms with Crippen LogP contribution >= 0.6 is 0 Å². The minimum atomic E-state index is -0.333. The summed E-state index contributed by atoms with van der Waals surface area (Å²) in [6.07, 6.45) is 7.15. The average Bonchev–Trinajstić information content (AvgIpc) is 2.27. The molecule has 1 aromatic rings. The van der Waals surface area contributed by atoms with Crippen LogP contribution in [0.5, 0.6) is 0 Å². The lowest BCUT2D eigenvalue weighted by Gasteiger charge is -2.60. The fourth-order valence-corrected chi connectivity index (χ4v) is 5.34. The van der Waals surface area contributed by atoms with E-state index >= 15 is 0 Å². The number of rotatable bonds is 1. The Morgan fingerprint density at radius 3 is 2.18 bits per heavy atom. The molecule has 4 aliphatic carbocycles. The van der Waals surface area contributed by atoms with Crippen molar-refractivity contribution >= 4 is 0 Å². The molecule has 4 bridgehead atoms. The second kappa shape index (κ2) is 3.14. The Kier molecular flexibility index (Phi) is 1.87. The van der Waals surface area contributed by atoms with Crippen LogP contribution in [0.3, 0.4) is 0 Å². The predicted molar refractivity (Wildman–Crippen MR) is 67.8 cm³/mol. The molecule has 0 radical (unpaired) electrons. The van der Waals surface area contributed by atoms with Crippen LogP contribution in [0.25, 0.3) is 0 Å². The Morgan fingerprint density at radius 2 is 1.59 bits per heavy atom. The van der Waals surface area contributed by atoms with Crippen LogP contribution in [0.4, 0.5) is 0 Å². The molecule has 0 spiro atoms. The lowest BCUT2D eigenvalue weighted by molar-refractivity contribution is -0.136. The van der Waals surface area contributed by atoms with Crippen LogP contribution in [-0.4, -0.2) is 10.7 Å². The molecule has 0 aliphatic heterocycles. The Labute approximate surface area is 103 Å². The highest BCUT2D eigenvalue weighted by atomic mass is 16.3. The molecular weight excluding hydrogens is 208 g/mol. The van der Waals surface area contributed by atoms with E-state index < -0.39 is 0 Å². The molecular formula is C16H20O. The normalized spacial score (nSPS) is 47.4. The number of benzene rings is 1. The van der Waals surface area contributed by atoms with E-state index in [1.54, 1.807) is 0 Å². The van der Waals surface area contributed by atoms with E-state index in [0.717, 1.165) is 31.1 Å². The molecule has 4 aliphatic rings. The summed E-state index contributed by atoms with van der Waals surface area (Å²) in [4.78, 5) is 0. The van der Waals surface area contributed by atoms with Crippen LogP contribution in [0, 0.1) is 11.8 Å². The smallest absolute Gasteiger partial charge is 0.0661 e. The fraction of sp³-hybridized carbons (Fsp3) is 0.625. The summed E-state index contributed by atoms with van der Waals surface area (Å²) in [6, 6.07) is 10.9. The Balaban J connectivity index is 1.79. The first-order valence-corrected chi connectivity index (χ1v) is 6.96. The van der Waals surface area contributed by atoms with Crippen molar-refractivity contribution in [2.75, 3.05) is 0 Å². The molecule has 2 unspecified atom stereocenters. The number of hydrogen-bond donors (Lipinski definition) is 1. The highest BCUT2D eigenvalue weighted by Crippen LogP contribution is 2.62. The van der Waals surface area contributed by atoms with Crippen LogP contribution in [0.1, 0.15) is 44.1 Å². The third-order valence-corrected chi connectivity index (χ3v) is 5.42. The maximum absolute atomic E-state index is 10.7. The van der Waals surface area contributed by atoms with Gasteiger partial charge in [0.15, 0.2) is 0 Å². The van der Waals surface area contributed by atoms with Gasteiger partial charge >= 0.3 is 0 Å². The van der Waals surface area contributed by atoms with Gasteiger partial charge in [-0.15, -0.1) is 0 Å². The zero-order chi connectivity index (χ0) is 11.5. The van der Waals surface area contributed by atoms with E-state index in [2.05, 4.69) is 30.3 Å². The molecule has 4 saturated carbocycles. The Morgan fingerprint density at radius 1 is 0.941 bits per heavy atom. The fourth-order valence-electron chi connectivity index (χ4n) is 5.34. The van der Waals surface area contributed by atoms with Gasteiger partial charge in [-0.1, -0.05) is 30.3 Å². The van der Waals surface area contributed by atoms with Gasteiger partial charge in [0.1, 0.15) is 0 Å². The van der Waals surface area contributed by atoms with E-state index in [0.29, 0.717) is 5.41 Å². The third kappa shape index (κ3) is 1.41. The lowest BCUT2D eigenvalue weighted by Crippen LogP contribution is -2.57. The summed E-state index contributed by atoms with van der Waals surface area (Å²) in [5.41, 5.74) is 1.45. The van der Waals surface area contributed by atoms with Crippen molar-refractivity contribution in [1.29, 1.82) is 0 Å². The summed E-state index contributed by atoms with van der Waals surface area (Å²) in [7, 11) is 0. The van der Waals surface area contributed by atoms with Crippen molar-refractivity contribution in [1.82, 2.24) is 0 Å². The quantitative estimate of drug-likeness (QED) is 0.782. The lowest BCUT2D eigenvalue weighted by atomic mass is 9.46. The van der Waals surface area contributed by atoms with E-state index in [-0.39, 0.29) is 5.60 Å².